The first-order valence-corrected chi connectivity index (χ1v) is 7.90. The molecular formula is C16H36N2O. The van der Waals surface area contributed by atoms with Crippen molar-refractivity contribution < 1.29 is 5.11 Å². The van der Waals surface area contributed by atoms with Gasteiger partial charge >= 0.3 is 0 Å². The van der Waals surface area contributed by atoms with Crippen molar-refractivity contribution >= 4 is 0 Å². The molecule has 3 heteroatoms. The van der Waals surface area contributed by atoms with Gasteiger partial charge in [-0.05, 0) is 39.3 Å². The van der Waals surface area contributed by atoms with Crippen molar-refractivity contribution in [2.24, 2.45) is 5.92 Å². The largest absolute Gasteiger partial charge is 0.394 e. The molecule has 0 amide bonds. The van der Waals surface area contributed by atoms with Crippen LogP contribution in [0.2, 0.25) is 0 Å². The molecule has 0 aromatic carbocycles. The maximum Gasteiger partial charge on any atom is 0.0610 e. The zero-order valence-electron chi connectivity index (χ0n) is 14.0. The van der Waals surface area contributed by atoms with Gasteiger partial charge in [-0.15, -0.1) is 0 Å². The van der Waals surface area contributed by atoms with Crippen LogP contribution in [-0.2, 0) is 0 Å². The summed E-state index contributed by atoms with van der Waals surface area (Å²) in [5.41, 5.74) is -0.122. The maximum absolute atomic E-state index is 9.52. The zero-order valence-corrected chi connectivity index (χ0v) is 14.0. The highest BCUT2D eigenvalue weighted by Gasteiger charge is 2.23. The number of nitrogens with one attached hydrogen (secondary N) is 1. The molecule has 0 aliphatic carbocycles. The molecule has 0 fully saturated rings. The van der Waals surface area contributed by atoms with E-state index in [2.05, 4.69) is 51.9 Å². The summed E-state index contributed by atoms with van der Waals surface area (Å²) >= 11 is 0. The van der Waals surface area contributed by atoms with Gasteiger partial charge in [0.25, 0.3) is 0 Å². The molecule has 0 rings (SSSR count). The van der Waals surface area contributed by atoms with Crippen LogP contribution in [0.3, 0.4) is 0 Å². The normalized spacial score (nSPS) is 16.9. The Bertz CT molecular complexity index is 221. The minimum atomic E-state index is -0.122. The highest BCUT2D eigenvalue weighted by molar-refractivity contribution is 4.83. The van der Waals surface area contributed by atoms with E-state index in [0.29, 0.717) is 6.04 Å². The molecule has 0 aromatic rings. The van der Waals surface area contributed by atoms with Crippen molar-refractivity contribution in [3.8, 4) is 0 Å². The lowest BCUT2D eigenvalue weighted by atomic mass is 9.94. The average Bonchev–Trinajstić information content (AvgIpc) is 2.33. The van der Waals surface area contributed by atoms with Crippen LogP contribution in [-0.4, -0.2) is 48.3 Å². The number of hydrogen-bond donors (Lipinski definition) is 2. The Morgan fingerprint density at radius 3 is 2.32 bits per heavy atom. The van der Waals surface area contributed by atoms with Crippen molar-refractivity contribution in [3.05, 3.63) is 0 Å². The molecule has 0 bridgehead atoms. The second-order valence-electron chi connectivity index (χ2n) is 6.75. The van der Waals surface area contributed by atoms with Gasteiger partial charge in [-0.1, -0.05) is 40.5 Å². The number of hydrogen-bond acceptors (Lipinski definition) is 3. The lowest BCUT2D eigenvalue weighted by Gasteiger charge is -2.31. The molecule has 2 N–H and O–H groups in total. The van der Waals surface area contributed by atoms with Gasteiger partial charge in [0, 0.05) is 18.1 Å². The van der Waals surface area contributed by atoms with Gasteiger partial charge in [0.05, 0.1) is 6.61 Å². The molecule has 0 spiro atoms. The Kier molecular flexibility index (Phi) is 9.67. The molecule has 0 heterocycles. The Balaban J connectivity index is 3.82. The monoisotopic (exact) mass is 272 g/mol. The molecule has 3 nitrogen and oxygen atoms in total. The van der Waals surface area contributed by atoms with Crippen LogP contribution < -0.4 is 5.32 Å². The molecular weight excluding hydrogens is 236 g/mol. The molecule has 0 saturated heterocycles. The maximum atomic E-state index is 9.52. The Morgan fingerprint density at radius 1 is 1.21 bits per heavy atom. The third-order valence-electron chi connectivity index (χ3n) is 3.82. The summed E-state index contributed by atoms with van der Waals surface area (Å²) in [4.78, 5) is 2.43. The number of rotatable bonds is 11. The van der Waals surface area contributed by atoms with E-state index in [1.807, 2.05) is 0 Å². The van der Waals surface area contributed by atoms with Gasteiger partial charge < -0.3 is 15.3 Å². The van der Waals surface area contributed by atoms with Gasteiger partial charge in [-0.25, -0.2) is 0 Å². The van der Waals surface area contributed by atoms with E-state index in [0.717, 1.165) is 18.9 Å². The van der Waals surface area contributed by atoms with Gasteiger partial charge in [-0.3, -0.25) is 0 Å². The minimum absolute atomic E-state index is 0.122. The smallest absolute Gasteiger partial charge is 0.0610 e. The second-order valence-corrected chi connectivity index (χ2v) is 6.75. The summed E-state index contributed by atoms with van der Waals surface area (Å²) in [6.45, 7) is 13.5. The quantitative estimate of drug-likeness (QED) is 0.568. The molecule has 116 valence electrons. The van der Waals surface area contributed by atoms with Crippen LogP contribution in [0, 0.1) is 5.92 Å². The zero-order chi connectivity index (χ0) is 14.9. The Morgan fingerprint density at radius 2 is 1.84 bits per heavy atom. The molecule has 0 radical (unpaired) electrons. The molecule has 0 aliphatic heterocycles. The first-order chi connectivity index (χ1) is 8.83. The van der Waals surface area contributed by atoms with Gasteiger partial charge in [0.2, 0.25) is 0 Å². The fourth-order valence-corrected chi connectivity index (χ4v) is 2.54. The van der Waals surface area contributed by atoms with Gasteiger partial charge in [0.15, 0.2) is 0 Å². The lowest BCUT2D eigenvalue weighted by Crippen LogP contribution is -2.49. The highest BCUT2D eigenvalue weighted by atomic mass is 16.3. The molecule has 2 atom stereocenters. The van der Waals surface area contributed by atoms with Crippen LogP contribution in [0.1, 0.15) is 60.3 Å². The summed E-state index contributed by atoms with van der Waals surface area (Å²) < 4.78 is 0. The van der Waals surface area contributed by atoms with Crippen LogP contribution >= 0.6 is 0 Å². The predicted molar refractivity (Wildman–Crippen MR) is 84.6 cm³/mol. The number of aliphatic hydroxyl groups is 1. The summed E-state index contributed by atoms with van der Waals surface area (Å²) in [6.07, 6.45) is 4.67. The predicted octanol–water partition coefficient (Wildman–Crippen LogP) is 2.88. The minimum Gasteiger partial charge on any atom is -0.394 e. The number of unbranched alkanes of at least 4 members (excludes halogenated alkanes) is 1. The van der Waals surface area contributed by atoms with E-state index < -0.39 is 0 Å². The average molecular weight is 272 g/mol. The van der Waals surface area contributed by atoms with Crippen LogP contribution in [0.4, 0.5) is 0 Å². The fraction of sp³-hybridized carbons (Fsp3) is 1.00. The van der Waals surface area contributed by atoms with Crippen molar-refractivity contribution in [2.45, 2.75) is 71.9 Å². The molecule has 0 saturated carbocycles. The third-order valence-corrected chi connectivity index (χ3v) is 3.82. The van der Waals surface area contributed by atoms with E-state index in [9.17, 15) is 5.11 Å². The van der Waals surface area contributed by atoms with E-state index >= 15 is 0 Å². The molecule has 2 unspecified atom stereocenters. The number of nitrogens with zero attached hydrogens (tertiary/aromatic N) is 1. The van der Waals surface area contributed by atoms with Crippen molar-refractivity contribution in [1.82, 2.24) is 10.2 Å². The first kappa shape index (κ1) is 18.9. The van der Waals surface area contributed by atoms with E-state index in [4.69, 9.17) is 0 Å². The second kappa shape index (κ2) is 9.73. The van der Waals surface area contributed by atoms with Crippen molar-refractivity contribution in [2.75, 3.05) is 26.7 Å². The summed E-state index contributed by atoms with van der Waals surface area (Å²) in [5.74, 6) is 0.787. The van der Waals surface area contributed by atoms with Crippen LogP contribution in [0.25, 0.3) is 0 Å². The molecule has 0 aliphatic rings. The summed E-state index contributed by atoms with van der Waals surface area (Å²) in [5, 5.41) is 13.0. The highest BCUT2D eigenvalue weighted by Crippen LogP contribution is 2.14. The van der Waals surface area contributed by atoms with E-state index in [1.165, 1.54) is 25.8 Å². The fourth-order valence-electron chi connectivity index (χ4n) is 2.54. The topological polar surface area (TPSA) is 35.5 Å². The molecule has 0 aromatic heterocycles. The van der Waals surface area contributed by atoms with Crippen molar-refractivity contribution in [3.63, 3.8) is 0 Å². The summed E-state index contributed by atoms with van der Waals surface area (Å²) in [6, 6.07) is 0.422. The van der Waals surface area contributed by atoms with E-state index in [-0.39, 0.29) is 12.1 Å². The van der Waals surface area contributed by atoms with Crippen LogP contribution in [0.15, 0.2) is 0 Å². The van der Waals surface area contributed by atoms with Crippen molar-refractivity contribution in [1.29, 1.82) is 0 Å². The first-order valence-electron chi connectivity index (χ1n) is 7.90. The Hall–Kier alpha value is -0.120. The summed E-state index contributed by atoms with van der Waals surface area (Å²) in [7, 11) is 2.21. The third kappa shape index (κ3) is 9.42. The lowest BCUT2D eigenvalue weighted by molar-refractivity contribution is 0.152. The molecule has 19 heavy (non-hydrogen) atoms. The number of aliphatic hydroxyl groups excluding tert-OH is 1. The van der Waals surface area contributed by atoms with Gasteiger partial charge in [-0.2, -0.15) is 0 Å². The van der Waals surface area contributed by atoms with Crippen LogP contribution in [0.5, 0.6) is 0 Å². The SMILES string of the molecule is CCC(C)CN(C)CCCCC(C)(CO)NC(C)C. The standard InChI is InChI=1S/C16H36N2O/c1-7-15(4)12-18(6)11-9-8-10-16(5,13-19)17-14(2)3/h14-15,17,19H,7-13H2,1-6H3. The van der Waals surface area contributed by atoms with E-state index in [1.54, 1.807) is 0 Å². The Labute approximate surface area is 120 Å². The van der Waals surface area contributed by atoms with Gasteiger partial charge in [0.1, 0.15) is 0 Å².